The molecule has 0 radical (unpaired) electrons. The van der Waals surface area contributed by atoms with E-state index in [4.69, 9.17) is 5.11 Å². The fourth-order valence-electron chi connectivity index (χ4n) is 1.70. The fraction of sp³-hybridized carbons (Fsp3) is 0.154. The van der Waals surface area contributed by atoms with Gasteiger partial charge >= 0.3 is 12.0 Å². The lowest BCUT2D eigenvalue weighted by Crippen LogP contribution is -2.31. The average molecular weight is 274 g/mol. The van der Waals surface area contributed by atoms with Gasteiger partial charge < -0.3 is 15.3 Å². The molecule has 1 aromatic carbocycles. The number of carboxylic acids is 1. The number of amides is 2. The molecule has 0 saturated heterocycles. The van der Waals surface area contributed by atoms with E-state index < -0.39 is 5.97 Å². The third-order valence-corrected chi connectivity index (χ3v) is 2.72. The van der Waals surface area contributed by atoms with Gasteiger partial charge in [0.05, 0.1) is 24.0 Å². The van der Waals surface area contributed by atoms with Gasteiger partial charge in [-0.1, -0.05) is 12.1 Å². The SMILES string of the molecule is CN(Cc1cn[nH]c1)C(=O)Nc1ccccc1C(=O)O. The Morgan fingerprint density at radius 1 is 1.40 bits per heavy atom. The van der Waals surface area contributed by atoms with Crippen LogP contribution in [0.3, 0.4) is 0 Å². The third-order valence-electron chi connectivity index (χ3n) is 2.72. The van der Waals surface area contributed by atoms with Gasteiger partial charge in [-0.05, 0) is 12.1 Å². The molecular weight excluding hydrogens is 260 g/mol. The van der Waals surface area contributed by atoms with E-state index in [1.807, 2.05) is 0 Å². The van der Waals surface area contributed by atoms with Gasteiger partial charge in [-0.15, -0.1) is 0 Å². The molecule has 0 atom stereocenters. The van der Waals surface area contributed by atoms with Gasteiger partial charge in [-0.3, -0.25) is 5.10 Å². The number of para-hydroxylation sites is 1. The number of hydrogen-bond donors (Lipinski definition) is 3. The summed E-state index contributed by atoms with van der Waals surface area (Å²) in [5, 5.41) is 18.1. The number of carbonyl (C=O) groups excluding carboxylic acids is 1. The number of nitrogens with zero attached hydrogens (tertiary/aromatic N) is 2. The van der Waals surface area contributed by atoms with Gasteiger partial charge in [0.1, 0.15) is 0 Å². The Morgan fingerprint density at radius 2 is 2.15 bits per heavy atom. The van der Waals surface area contributed by atoms with E-state index >= 15 is 0 Å². The maximum atomic E-state index is 12.0. The Bertz CT molecular complexity index is 610. The molecule has 1 aromatic heterocycles. The minimum Gasteiger partial charge on any atom is -0.478 e. The van der Waals surface area contributed by atoms with E-state index in [-0.39, 0.29) is 17.3 Å². The Hall–Kier alpha value is -2.83. The molecule has 1 heterocycles. The van der Waals surface area contributed by atoms with Gasteiger partial charge in [0, 0.05) is 18.8 Å². The van der Waals surface area contributed by atoms with Gasteiger partial charge in [0.25, 0.3) is 0 Å². The molecule has 0 spiro atoms. The maximum Gasteiger partial charge on any atom is 0.337 e. The predicted octanol–water partition coefficient (Wildman–Crippen LogP) is 1.77. The summed E-state index contributed by atoms with van der Waals surface area (Å²) in [5.41, 5.74) is 1.18. The van der Waals surface area contributed by atoms with Crippen LogP contribution in [-0.2, 0) is 6.54 Å². The second-order valence-electron chi connectivity index (χ2n) is 4.24. The first-order valence-corrected chi connectivity index (χ1v) is 5.90. The fourth-order valence-corrected chi connectivity index (χ4v) is 1.70. The summed E-state index contributed by atoms with van der Waals surface area (Å²) in [6, 6.07) is 5.87. The van der Waals surface area contributed by atoms with Crippen molar-refractivity contribution in [2.45, 2.75) is 6.54 Å². The van der Waals surface area contributed by atoms with Crippen LogP contribution < -0.4 is 5.32 Å². The maximum absolute atomic E-state index is 12.0. The molecule has 0 saturated carbocycles. The molecule has 7 nitrogen and oxygen atoms in total. The largest absolute Gasteiger partial charge is 0.478 e. The molecule has 2 rings (SSSR count). The Kier molecular flexibility index (Phi) is 3.99. The van der Waals surface area contributed by atoms with Gasteiger partial charge in [0.2, 0.25) is 0 Å². The molecule has 0 aliphatic rings. The van der Waals surface area contributed by atoms with Crippen LogP contribution in [0.5, 0.6) is 0 Å². The van der Waals surface area contributed by atoms with E-state index in [9.17, 15) is 9.59 Å². The summed E-state index contributed by atoms with van der Waals surface area (Å²) < 4.78 is 0. The van der Waals surface area contributed by atoms with Crippen LogP contribution in [0.15, 0.2) is 36.7 Å². The Morgan fingerprint density at radius 3 is 2.80 bits per heavy atom. The highest BCUT2D eigenvalue weighted by atomic mass is 16.4. The number of rotatable bonds is 4. The van der Waals surface area contributed by atoms with Crippen molar-refractivity contribution in [2.24, 2.45) is 0 Å². The van der Waals surface area contributed by atoms with Crippen molar-refractivity contribution >= 4 is 17.7 Å². The molecule has 0 bridgehead atoms. The number of carbonyl (C=O) groups is 2. The number of benzene rings is 1. The van der Waals surface area contributed by atoms with Gasteiger partial charge in [-0.2, -0.15) is 5.10 Å². The number of aromatic carboxylic acids is 1. The highest BCUT2D eigenvalue weighted by molar-refractivity contribution is 5.99. The third kappa shape index (κ3) is 3.14. The molecule has 2 amide bonds. The summed E-state index contributed by atoms with van der Waals surface area (Å²) in [4.78, 5) is 24.5. The van der Waals surface area contributed by atoms with Crippen molar-refractivity contribution in [3.8, 4) is 0 Å². The first kappa shape index (κ1) is 13.6. The molecule has 20 heavy (non-hydrogen) atoms. The molecule has 0 aliphatic heterocycles. The number of nitrogens with one attached hydrogen (secondary N) is 2. The van der Waals surface area contributed by atoms with E-state index in [2.05, 4.69) is 15.5 Å². The standard InChI is InChI=1S/C13H14N4O3/c1-17(8-9-6-14-15-7-9)13(20)16-11-5-3-2-4-10(11)12(18)19/h2-7H,8H2,1H3,(H,14,15)(H,16,20)(H,18,19). The number of aromatic nitrogens is 2. The van der Waals surface area contributed by atoms with Crippen LogP contribution in [0.25, 0.3) is 0 Å². The van der Waals surface area contributed by atoms with Crippen LogP contribution in [0, 0.1) is 0 Å². The predicted molar refractivity (Wildman–Crippen MR) is 72.5 cm³/mol. The number of carboxylic acid groups (broad SMARTS) is 1. The molecule has 7 heteroatoms. The van der Waals surface area contributed by atoms with Crippen molar-refractivity contribution in [3.63, 3.8) is 0 Å². The molecule has 0 fully saturated rings. The van der Waals surface area contributed by atoms with E-state index in [0.29, 0.717) is 6.54 Å². The molecule has 104 valence electrons. The lowest BCUT2D eigenvalue weighted by molar-refractivity contribution is 0.0698. The second-order valence-corrected chi connectivity index (χ2v) is 4.24. The first-order chi connectivity index (χ1) is 9.58. The van der Waals surface area contributed by atoms with Gasteiger partial charge in [0.15, 0.2) is 0 Å². The zero-order valence-corrected chi connectivity index (χ0v) is 10.8. The minimum atomic E-state index is -1.08. The molecular formula is C13H14N4O3. The van der Waals surface area contributed by atoms with E-state index in [1.54, 1.807) is 37.6 Å². The highest BCUT2D eigenvalue weighted by Crippen LogP contribution is 2.15. The van der Waals surface area contributed by atoms with Crippen LogP contribution >= 0.6 is 0 Å². The van der Waals surface area contributed by atoms with Crippen LogP contribution in [0.4, 0.5) is 10.5 Å². The summed E-state index contributed by atoms with van der Waals surface area (Å²) in [6.07, 6.45) is 3.31. The van der Waals surface area contributed by atoms with Crippen molar-refractivity contribution in [3.05, 3.63) is 47.8 Å². The Labute approximate surface area is 115 Å². The number of urea groups is 1. The summed E-state index contributed by atoms with van der Waals surface area (Å²) in [6.45, 7) is 0.373. The van der Waals surface area contributed by atoms with E-state index in [0.717, 1.165) is 5.56 Å². The lowest BCUT2D eigenvalue weighted by atomic mass is 10.2. The quantitative estimate of drug-likeness (QED) is 0.791. The minimum absolute atomic E-state index is 0.0533. The van der Waals surface area contributed by atoms with Gasteiger partial charge in [-0.25, -0.2) is 9.59 Å². The molecule has 0 aliphatic carbocycles. The molecule has 3 N–H and O–H groups in total. The lowest BCUT2D eigenvalue weighted by Gasteiger charge is -2.17. The number of H-pyrrole nitrogens is 1. The number of anilines is 1. The van der Waals surface area contributed by atoms with Crippen molar-refractivity contribution < 1.29 is 14.7 Å². The molecule has 2 aromatic rings. The Balaban J connectivity index is 2.06. The monoisotopic (exact) mass is 274 g/mol. The topological polar surface area (TPSA) is 98.3 Å². The highest BCUT2D eigenvalue weighted by Gasteiger charge is 2.14. The second kappa shape index (κ2) is 5.87. The van der Waals surface area contributed by atoms with Crippen LogP contribution in [-0.4, -0.2) is 39.3 Å². The number of hydrogen-bond acceptors (Lipinski definition) is 3. The van der Waals surface area contributed by atoms with Crippen molar-refractivity contribution in [2.75, 3.05) is 12.4 Å². The normalized spacial score (nSPS) is 10.1. The first-order valence-electron chi connectivity index (χ1n) is 5.90. The average Bonchev–Trinajstić information content (AvgIpc) is 2.91. The van der Waals surface area contributed by atoms with Crippen molar-refractivity contribution in [1.82, 2.24) is 15.1 Å². The number of aromatic amines is 1. The summed E-state index contributed by atoms with van der Waals surface area (Å²) in [7, 11) is 1.62. The zero-order valence-electron chi connectivity index (χ0n) is 10.8. The zero-order chi connectivity index (χ0) is 14.5. The van der Waals surface area contributed by atoms with Crippen molar-refractivity contribution in [1.29, 1.82) is 0 Å². The summed E-state index contributed by atoms with van der Waals surface area (Å²) >= 11 is 0. The van der Waals surface area contributed by atoms with Crippen LogP contribution in [0.1, 0.15) is 15.9 Å². The summed E-state index contributed by atoms with van der Waals surface area (Å²) in [5.74, 6) is -1.08. The van der Waals surface area contributed by atoms with E-state index in [1.165, 1.54) is 11.0 Å². The molecule has 0 unspecified atom stereocenters. The smallest absolute Gasteiger partial charge is 0.337 e. The van der Waals surface area contributed by atoms with Crippen LogP contribution in [0.2, 0.25) is 0 Å².